The number of unbranched alkanes of at least 4 members (excludes halogenated alkanes) is 34. The van der Waals surface area contributed by atoms with E-state index in [1.807, 2.05) is 0 Å². The van der Waals surface area contributed by atoms with Crippen LogP contribution in [0.3, 0.4) is 0 Å². The van der Waals surface area contributed by atoms with Gasteiger partial charge in [-0.2, -0.15) is 0 Å². The summed E-state index contributed by atoms with van der Waals surface area (Å²) in [5, 5.41) is 0. The van der Waals surface area contributed by atoms with Crippen molar-refractivity contribution in [1.29, 1.82) is 0 Å². The minimum atomic E-state index is -0.791. The van der Waals surface area contributed by atoms with Gasteiger partial charge in [-0.05, 0) is 83.5 Å². The summed E-state index contributed by atoms with van der Waals surface area (Å²) >= 11 is 0. The first-order valence-corrected chi connectivity index (χ1v) is 30.3. The number of esters is 3. The van der Waals surface area contributed by atoms with Crippen LogP contribution in [0.25, 0.3) is 0 Å². The fourth-order valence-corrected chi connectivity index (χ4v) is 8.72. The molecule has 70 heavy (non-hydrogen) atoms. The Morgan fingerprint density at radius 2 is 0.557 bits per heavy atom. The molecule has 6 heteroatoms. The minimum Gasteiger partial charge on any atom is -0.462 e. The number of rotatable bonds is 55. The highest BCUT2D eigenvalue weighted by Crippen LogP contribution is 2.17. The number of ether oxygens (including phenoxy) is 3. The van der Waals surface area contributed by atoms with Gasteiger partial charge in [0.15, 0.2) is 6.10 Å². The van der Waals surface area contributed by atoms with Crippen molar-refractivity contribution < 1.29 is 28.6 Å². The van der Waals surface area contributed by atoms with E-state index in [1.54, 1.807) is 0 Å². The fourth-order valence-electron chi connectivity index (χ4n) is 8.72. The highest BCUT2D eigenvalue weighted by molar-refractivity contribution is 5.71. The van der Waals surface area contributed by atoms with E-state index >= 15 is 0 Å². The number of allylic oxidation sites excluding steroid dienone is 10. The quantitative estimate of drug-likeness (QED) is 0.0261. The van der Waals surface area contributed by atoms with E-state index in [-0.39, 0.29) is 37.5 Å². The van der Waals surface area contributed by atoms with Crippen LogP contribution < -0.4 is 0 Å². The lowest BCUT2D eigenvalue weighted by molar-refractivity contribution is -0.167. The summed E-state index contributed by atoms with van der Waals surface area (Å²) in [6.45, 7) is 6.45. The minimum absolute atomic E-state index is 0.0884. The molecule has 0 saturated heterocycles. The molecule has 406 valence electrons. The topological polar surface area (TPSA) is 78.9 Å². The summed E-state index contributed by atoms with van der Waals surface area (Å²) in [4.78, 5) is 37.8. The maximum Gasteiger partial charge on any atom is 0.306 e. The van der Waals surface area contributed by atoms with E-state index < -0.39 is 6.10 Å². The molecular weight excluding hydrogens is 865 g/mol. The molecular formula is C64H114O6. The Kier molecular flexibility index (Phi) is 56.3. The molecule has 0 rings (SSSR count). The lowest BCUT2D eigenvalue weighted by atomic mass is 10.0. The largest absolute Gasteiger partial charge is 0.462 e. The Labute approximate surface area is 434 Å². The lowest BCUT2D eigenvalue weighted by Crippen LogP contribution is -2.30. The molecule has 0 aromatic carbocycles. The third-order valence-electron chi connectivity index (χ3n) is 13.3. The molecule has 0 aliphatic rings. The van der Waals surface area contributed by atoms with Gasteiger partial charge in [-0.3, -0.25) is 14.4 Å². The van der Waals surface area contributed by atoms with Crippen LogP contribution in [0, 0.1) is 0 Å². The molecule has 0 aliphatic heterocycles. The highest BCUT2D eigenvalue weighted by Gasteiger charge is 2.19. The van der Waals surface area contributed by atoms with Crippen LogP contribution in [0.5, 0.6) is 0 Å². The van der Waals surface area contributed by atoms with Gasteiger partial charge in [-0.25, -0.2) is 0 Å². The first-order chi connectivity index (χ1) is 34.5. The Balaban J connectivity index is 3.99. The average molecular weight is 980 g/mol. The second-order valence-electron chi connectivity index (χ2n) is 20.2. The van der Waals surface area contributed by atoms with Gasteiger partial charge >= 0.3 is 17.9 Å². The maximum absolute atomic E-state index is 12.8. The molecule has 0 amide bonds. The third-order valence-corrected chi connectivity index (χ3v) is 13.3. The Morgan fingerprint density at radius 3 is 0.914 bits per heavy atom. The molecule has 0 aliphatic carbocycles. The molecule has 1 atom stereocenters. The Morgan fingerprint density at radius 1 is 0.300 bits per heavy atom. The summed E-state index contributed by atoms with van der Waals surface area (Å²) in [6, 6.07) is 0. The number of carbonyl (C=O) groups excluding carboxylic acids is 3. The van der Waals surface area contributed by atoms with E-state index in [9.17, 15) is 14.4 Å². The standard InChI is InChI=1S/C64H114O6/c1-4-7-10-13-16-18-20-22-24-25-26-27-28-29-30-31-32-33-34-35-36-37-38-39-41-42-44-46-48-51-54-57-63(66)69-60-61(59-68-62(65)56-53-50-15-12-9-6-3)70-64(67)58-55-52-49-47-45-43-40-23-21-19-17-14-11-8-5-2/h8,11,17,19,23,25-26,40,45,47,61H,4-7,9-10,12-16,18,20-22,24,27-39,41-44,46,48-60H2,1-3H3/b11-8-,19-17-,26-25-,40-23-,47-45-. The van der Waals surface area contributed by atoms with Crippen LogP contribution in [-0.4, -0.2) is 37.2 Å². The molecule has 0 N–H and O–H groups in total. The average Bonchev–Trinajstić information content (AvgIpc) is 3.36. The van der Waals surface area contributed by atoms with Gasteiger partial charge in [0.1, 0.15) is 13.2 Å². The van der Waals surface area contributed by atoms with Gasteiger partial charge in [0.2, 0.25) is 0 Å². The summed E-state index contributed by atoms with van der Waals surface area (Å²) in [5.41, 5.74) is 0. The molecule has 0 aromatic rings. The Hall–Kier alpha value is -2.89. The number of carbonyl (C=O) groups is 3. The molecule has 1 unspecified atom stereocenters. The molecule has 0 fully saturated rings. The van der Waals surface area contributed by atoms with Crippen molar-refractivity contribution in [3.63, 3.8) is 0 Å². The van der Waals surface area contributed by atoms with E-state index in [1.165, 1.54) is 186 Å². The van der Waals surface area contributed by atoms with Gasteiger partial charge in [0, 0.05) is 19.3 Å². The summed E-state index contributed by atoms with van der Waals surface area (Å²) < 4.78 is 16.7. The zero-order chi connectivity index (χ0) is 50.7. The van der Waals surface area contributed by atoms with Gasteiger partial charge in [-0.1, -0.05) is 268 Å². The normalized spacial score (nSPS) is 12.4. The fraction of sp³-hybridized carbons (Fsp3) is 0.797. The summed E-state index contributed by atoms with van der Waals surface area (Å²) in [7, 11) is 0. The smallest absolute Gasteiger partial charge is 0.306 e. The molecule has 6 nitrogen and oxygen atoms in total. The first-order valence-electron chi connectivity index (χ1n) is 30.3. The van der Waals surface area contributed by atoms with E-state index in [0.717, 1.165) is 77.0 Å². The second-order valence-corrected chi connectivity index (χ2v) is 20.2. The van der Waals surface area contributed by atoms with E-state index in [4.69, 9.17) is 14.2 Å². The zero-order valence-electron chi connectivity index (χ0n) is 46.5. The predicted octanol–water partition coefficient (Wildman–Crippen LogP) is 20.4. The first kappa shape index (κ1) is 67.1. The van der Waals surface area contributed by atoms with E-state index in [0.29, 0.717) is 19.3 Å². The molecule has 0 aromatic heterocycles. The predicted molar refractivity (Wildman–Crippen MR) is 302 cm³/mol. The van der Waals surface area contributed by atoms with Crippen LogP contribution in [-0.2, 0) is 28.6 Å². The van der Waals surface area contributed by atoms with Crippen LogP contribution in [0.1, 0.15) is 310 Å². The second kappa shape index (κ2) is 58.7. The van der Waals surface area contributed by atoms with Gasteiger partial charge in [-0.15, -0.1) is 0 Å². The molecule has 0 bridgehead atoms. The SMILES string of the molecule is CC/C=C\C/C=C\C/C=C\C/C=C\CCCCC(=O)OC(COC(=O)CCCCCCCC)COC(=O)CCCCCCCCCCCCCCCCCCCCC/C=C\CCCCCCCCCC. The third kappa shape index (κ3) is 56.0. The number of hydrogen-bond donors (Lipinski definition) is 0. The maximum atomic E-state index is 12.8. The van der Waals surface area contributed by atoms with Gasteiger partial charge in [0.25, 0.3) is 0 Å². The zero-order valence-corrected chi connectivity index (χ0v) is 46.5. The van der Waals surface area contributed by atoms with Crippen molar-refractivity contribution >= 4 is 17.9 Å². The molecule has 0 radical (unpaired) electrons. The summed E-state index contributed by atoms with van der Waals surface area (Å²) in [5.74, 6) is -0.931. The van der Waals surface area contributed by atoms with Crippen LogP contribution in [0.4, 0.5) is 0 Å². The highest BCUT2D eigenvalue weighted by atomic mass is 16.6. The Bertz CT molecular complexity index is 1260. The lowest BCUT2D eigenvalue weighted by Gasteiger charge is -2.18. The number of hydrogen-bond acceptors (Lipinski definition) is 6. The van der Waals surface area contributed by atoms with Crippen LogP contribution in [0.15, 0.2) is 60.8 Å². The van der Waals surface area contributed by atoms with Crippen LogP contribution in [0.2, 0.25) is 0 Å². The van der Waals surface area contributed by atoms with Crippen molar-refractivity contribution in [2.75, 3.05) is 13.2 Å². The molecule has 0 heterocycles. The summed E-state index contributed by atoms with van der Waals surface area (Å²) in [6.07, 6.45) is 74.3. The van der Waals surface area contributed by atoms with Gasteiger partial charge < -0.3 is 14.2 Å². The van der Waals surface area contributed by atoms with Crippen molar-refractivity contribution in [2.24, 2.45) is 0 Å². The van der Waals surface area contributed by atoms with Crippen molar-refractivity contribution in [3.8, 4) is 0 Å². The monoisotopic (exact) mass is 979 g/mol. The van der Waals surface area contributed by atoms with Crippen molar-refractivity contribution in [3.05, 3.63) is 60.8 Å². The van der Waals surface area contributed by atoms with Crippen molar-refractivity contribution in [2.45, 2.75) is 316 Å². The van der Waals surface area contributed by atoms with Crippen molar-refractivity contribution in [1.82, 2.24) is 0 Å². The van der Waals surface area contributed by atoms with Gasteiger partial charge in [0.05, 0.1) is 0 Å². The van der Waals surface area contributed by atoms with E-state index in [2.05, 4.69) is 81.5 Å². The molecule has 0 spiro atoms. The molecule has 0 saturated carbocycles. The van der Waals surface area contributed by atoms with Crippen LogP contribution >= 0.6 is 0 Å².